The van der Waals surface area contributed by atoms with Gasteiger partial charge in [0.2, 0.25) is 0 Å². The molecule has 16 rings (SSSR count). The summed E-state index contributed by atoms with van der Waals surface area (Å²) in [4.78, 5) is 2.80. The van der Waals surface area contributed by atoms with Gasteiger partial charge in [-0.25, -0.2) is 0 Å². The maximum Gasteiger partial charge on any atom is 0.144 e. The first-order valence-electron chi connectivity index (χ1n) is 52.6. The Morgan fingerprint density at radius 2 is 0.568 bits per heavy atom. The molecule has 0 amide bonds. The molecule has 2 aromatic heterocycles. The molecule has 0 bridgehead atoms. The standard InChI is InChI=1S/C122H157NO2/c1-9-17-25-33-41-53-77-119(78-54-42-34-26-18-10-2)103-75-76-110-112(98-64-48-51-67-108(98)124-110)111(103)101-89-106-100(88-107(101)119)95-73-71-93(86-104(95)120(106,79-55-43-35-27-19-11-3)80-56-44-36-28-20-12-4)123(92-70-69-90-61-45-46-62-91(90)85-92)94-72-74-97-105(87-94)122(83-59-39-31-23-15-7,84-60-40-32-24-16-8)116-113(97)114-99-65-49-52-68-109(99)125-118(114)115-96-63-47-50-66-102(96)121(117(115)116,81-57-37-29-21-13-5)82-58-38-30-22-14-6/h45-52,61-76,85-89H,9-44,53-60,77-84H2,1-8H3. The highest BCUT2D eigenvalue weighted by molar-refractivity contribution is 6.21. The van der Waals surface area contributed by atoms with Gasteiger partial charge in [0, 0.05) is 65.8 Å². The van der Waals surface area contributed by atoms with Crippen molar-refractivity contribution < 1.29 is 8.83 Å². The van der Waals surface area contributed by atoms with Crippen LogP contribution < -0.4 is 4.90 Å². The third-order valence-corrected chi connectivity index (χ3v) is 31.8. The molecular weight excluding hydrogens is 1510 g/mol. The predicted octanol–water partition coefficient (Wildman–Crippen LogP) is 39.6. The highest BCUT2D eigenvalue weighted by Crippen LogP contribution is 2.69. The summed E-state index contributed by atoms with van der Waals surface area (Å²) >= 11 is 0. The number of furan rings is 2. The molecule has 4 aliphatic carbocycles. The van der Waals surface area contributed by atoms with Gasteiger partial charge in [0.25, 0.3) is 0 Å². The predicted molar refractivity (Wildman–Crippen MR) is 544 cm³/mol. The van der Waals surface area contributed by atoms with Gasteiger partial charge in [0.1, 0.15) is 22.3 Å². The van der Waals surface area contributed by atoms with Gasteiger partial charge in [0.05, 0.1) is 0 Å². The summed E-state index contributed by atoms with van der Waals surface area (Å²) in [7, 11) is 0. The van der Waals surface area contributed by atoms with Crippen LogP contribution in [0.5, 0.6) is 0 Å². The molecular formula is C122H157NO2. The number of anilines is 3. The topological polar surface area (TPSA) is 29.5 Å². The Morgan fingerprint density at radius 3 is 1.08 bits per heavy atom. The van der Waals surface area contributed by atoms with Crippen molar-refractivity contribution in [3.63, 3.8) is 0 Å². The quantitative estimate of drug-likeness (QED) is 0.0356. The first-order valence-corrected chi connectivity index (χ1v) is 52.6. The minimum atomic E-state index is -0.266. The fourth-order valence-corrected chi connectivity index (χ4v) is 25.4. The van der Waals surface area contributed by atoms with Crippen LogP contribution in [0.1, 0.15) is 434 Å². The third kappa shape index (κ3) is 18.1. The molecule has 0 spiro atoms. The van der Waals surface area contributed by atoms with Crippen molar-refractivity contribution in [1.82, 2.24) is 0 Å². The van der Waals surface area contributed by atoms with E-state index in [1.807, 2.05) is 0 Å². The number of para-hydroxylation sites is 2. The maximum atomic E-state index is 7.73. The van der Waals surface area contributed by atoms with Crippen molar-refractivity contribution in [2.24, 2.45) is 0 Å². The highest BCUT2D eigenvalue weighted by Gasteiger charge is 2.55. The van der Waals surface area contributed by atoms with Crippen molar-refractivity contribution in [1.29, 1.82) is 0 Å². The molecule has 0 aliphatic heterocycles. The Labute approximate surface area is 756 Å². The monoisotopic (exact) mass is 1670 g/mol. The summed E-state index contributed by atoms with van der Waals surface area (Å²) in [5, 5.41) is 7.82. The van der Waals surface area contributed by atoms with Crippen LogP contribution in [0.4, 0.5) is 17.1 Å². The Hall–Kier alpha value is -8.14. The van der Waals surface area contributed by atoms with Gasteiger partial charge in [-0.15, -0.1) is 0 Å². The summed E-state index contributed by atoms with van der Waals surface area (Å²) in [5.41, 5.74) is 32.0. The summed E-state index contributed by atoms with van der Waals surface area (Å²) in [6.45, 7) is 19.1. The number of hydrogen-bond donors (Lipinski definition) is 0. The number of unbranched alkanes of at least 4 members (excludes halogenated alkanes) is 36. The van der Waals surface area contributed by atoms with Crippen molar-refractivity contribution in [3.05, 3.63) is 220 Å². The summed E-state index contributed by atoms with van der Waals surface area (Å²) in [6, 6.07) is 72.1. The third-order valence-electron chi connectivity index (χ3n) is 31.8. The second-order valence-corrected chi connectivity index (χ2v) is 40.1. The van der Waals surface area contributed by atoms with E-state index in [0.717, 1.165) is 48.0 Å². The zero-order valence-corrected chi connectivity index (χ0v) is 79.3. The summed E-state index contributed by atoms with van der Waals surface area (Å²) in [6.07, 6.45) is 65.7. The van der Waals surface area contributed by atoms with Gasteiger partial charge in [-0.3, -0.25) is 0 Å². The fraction of sp³-hybridized carbons (Fsp3) is 0.525. The van der Waals surface area contributed by atoms with Gasteiger partial charge in [-0.2, -0.15) is 0 Å². The van der Waals surface area contributed by atoms with E-state index in [-0.39, 0.29) is 21.7 Å². The molecule has 3 nitrogen and oxygen atoms in total. The molecule has 10 aromatic carbocycles. The minimum Gasteiger partial charge on any atom is -0.456 e. The van der Waals surface area contributed by atoms with Crippen molar-refractivity contribution >= 4 is 71.7 Å². The number of benzene rings is 10. The fourth-order valence-electron chi connectivity index (χ4n) is 25.4. The molecule has 0 saturated carbocycles. The van der Waals surface area contributed by atoms with Crippen LogP contribution >= 0.6 is 0 Å². The van der Waals surface area contributed by atoms with Crippen LogP contribution in [-0.4, -0.2) is 0 Å². The largest absolute Gasteiger partial charge is 0.456 e. The molecule has 12 aromatic rings. The van der Waals surface area contributed by atoms with E-state index in [9.17, 15) is 0 Å². The van der Waals surface area contributed by atoms with E-state index < -0.39 is 0 Å². The average Bonchev–Trinajstić information content (AvgIpc) is 1.49. The van der Waals surface area contributed by atoms with E-state index in [2.05, 4.69) is 236 Å². The SMILES string of the molecule is CCCCCCCCC1(CCCCCCCC)c2cc(N(c3ccc4c(c3)C(CCCCCCC)(CCCCCCC)c3c5c(c6oc7ccccc7c6c3-4)-c3ccccc3C5(CCCCCCC)CCCCCCC)c3ccc4ccccc4c3)ccc2-c2cc3c(cc21)-c1c(ccc2oc4ccccc4c12)C3(CCCCCCCC)CCCCCCCC. The molecule has 3 heteroatoms. The van der Waals surface area contributed by atoms with E-state index in [0.29, 0.717) is 0 Å². The van der Waals surface area contributed by atoms with Crippen LogP contribution in [0.15, 0.2) is 185 Å². The molecule has 2 heterocycles. The van der Waals surface area contributed by atoms with Crippen LogP contribution in [0.3, 0.4) is 0 Å². The molecule has 4 aliphatic rings. The normalized spacial score (nSPS) is 14.6. The second-order valence-electron chi connectivity index (χ2n) is 40.1. The first kappa shape index (κ1) is 90.2. The number of hydrogen-bond acceptors (Lipinski definition) is 3. The lowest BCUT2D eigenvalue weighted by Crippen LogP contribution is -2.33. The zero-order chi connectivity index (χ0) is 86.0. The molecule has 0 atom stereocenters. The molecule has 0 unspecified atom stereocenters. The van der Waals surface area contributed by atoms with Crippen molar-refractivity contribution in [2.45, 2.75) is 411 Å². The number of rotatable bonds is 55. The molecule has 125 heavy (non-hydrogen) atoms. The van der Waals surface area contributed by atoms with Crippen molar-refractivity contribution in [3.8, 4) is 44.5 Å². The average molecular weight is 1670 g/mol. The van der Waals surface area contributed by atoms with Crippen LogP contribution in [0, 0.1) is 0 Å². The Morgan fingerprint density at radius 1 is 0.216 bits per heavy atom. The zero-order valence-electron chi connectivity index (χ0n) is 79.3. The van der Waals surface area contributed by atoms with Crippen LogP contribution in [-0.2, 0) is 21.7 Å². The Bertz CT molecular complexity index is 5470. The lowest BCUT2D eigenvalue weighted by atomic mass is 9.62. The Kier molecular flexibility index (Phi) is 30.9. The van der Waals surface area contributed by atoms with Crippen LogP contribution in [0.25, 0.3) is 99.2 Å². The number of nitrogens with zero attached hydrogens (tertiary/aromatic N) is 1. The Balaban J connectivity index is 0.952. The summed E-state index contributed by atoms with van der Waals surface area (Å²) in [5.74, 6) is 0. The van der Waals surface area contributed by atoms with E-state index in [1.54, 1.807) is 44.5 Å². The lowest BCUT2D eigenvalue weighted by molar-refractivity contribution is 0.369. The highest BCUT2D eigenvalue weighted by atomic mass is 16.3. The smallest absolute Gasteiger partial charge is 0.144 e. The number of fused-ring (bicyclic) bond motifs is 23. The molecule has 0 fully saturated rings. The molecule has 662 valence electrons. The van der Waals surface area contributed by atoms with E-state index in [4.69, 9.17) is 8.83 Å². The molecule has 0 radical (unpaired) electrons. The van der Waals surface area contributed by atoms with E-state index >= 15 is 0 Å². The van der Waals surface area contributed by atoms with Gasteiger partial charge in [-0.05, 0) is 212 Å². The maximum absolute atomic E-state index is 7.73. The van der Waals surface area contributed by atoms with Crippen molar-refractivity contribution in [2.75, 3.05) is 4.90 Å². The summed E-state index contributed by atoms with van der Waals surface area (Å²) < 4.78 is 14.8. The van der Waals surface area contributed by atoms with Gasteiger partial charge in [0.15, 0.2) is 0 Å². The van der Waals surface area contributed by atoms with Crippen LogP contribution in [0.2, 0.25) is 0 Å². The van der Waals surface area contributed by atoms with Gasteiger partial charge >= 0.3 is 0 Å². The van der Waals surface area contributed by atoms with Gasteiger partial charge < -0.3 is 13.7 Å². The molecule has 0 N–H and O–H groups in total. The second kappa shape index (κ2) is 42.9. The molecule has 0 saturated heterocycles. The lowest BCUT2D eigenvalue weighted by Gasteiger charge is -2.40. The minimum absolute atomic E-state index is 0.115. The first-order chi connectivity index (χ1) is 61.7. The van der Waals surface area contributed by atoms with Gasteiger partial charge in [-0.1, -0.05) is 447 Å². The van der Waals surface area contributed by atoms with E-state index in [1.165, 1.54) is 402 Å².